The van der Waals surface area contributed by atoms with Crippen LogP contribution in [0.25, 0.3) is 23.0 Å². The molecule has 1 fully saturated rings. The van der Waals surface area contributed by atoms with Crippen molar-refractivity contribution in [3.05, 3.63) is 71.9 Å². The lowest BCUT2D eigenvalue weighted by Gasteiger charge is -2.16. The molecule has 5 rings (SSSR count). The molecule has 1 saturated heterocycles. The van der Waals surface area contributed by atoms with Gasteiger partial charge in [0, 0.05) is 18.7 Å². The van der Waals surface area contributed by atoms with E-state index in [2.05, 4.69) is 26.5 Å². The molecule has 31 heavy (non-hydrogen) atoms. The first-order valence-corrected chi connectivity index (χ1v) is 10.3. The summed E-state index contributed by atoms with van der Waals surface area (Å²) in [5.41, 5.74) is 3.61. The van der Waals surface area contributed by atoms with Gasteiger partial charge in [0.15, 0.2) is 5.69 Å². The van der Waals surface area contributed by atoms with Crippen molar-refractivity contribution in [3.8, 4) is 23.0 Å². The van der Waals surface area contributed by atoms with Crippen LogP contribution < -0.4 is 0 Å². The molecular weight excluding hydrogens is 392 g/mol. The predicted molar refractivity (Wildman–Crippen MR) is 114 cm³/mol. The first kappa shape index (κ1) is 19.2. The van der Waals surface area contributed by atoms with E-state index in [0.717, 1.165) is 23.1 Å². The van der Waals surface area contributed by atoms with Crippen molar-refractivity contribution in [3.63, 3.8) is 0 Å². The SMILES string of the molecule is Cc1cccc(CC(=O)N2CC[C@H](n3cc(-c4nc(-c5ccccc5)no4)nn3)C2)c1. The predicted octanol–water partition coefficient (Wildman–Crippen LogP) is 3.32. The van der Waals surface area contributed by atoms with E-state index in [4.69, 9.17) is 4.52 Å². The van der Waals surface area contributed by atoms with Gasteiger partial charge in [-0.25, -0.2) is 4.68 Å². The van der Waals surface area contributed by atoms with Gasteiger partial charge < -0.3 is 9.42 Å². The van der Waals surface area contributed by atoms with E-state index < -0.39 is 0 Å². The van der Waals surface area contributed by atoms with E-state index in [1.54, 1.807) is 4.68 Å². The Balaban J connectivity index is 1.25. The third-order valence-electron chi connectivity index (χ3n) is 5.52. The molecule has 0 radical (unpaired) electrons. The Kier molecular flexibility index (Phi) is 5.03. The van der Waals surface area contributed by atoms with Crippen molar-refractivity contribution in [1.82, 2.24) is 30.0 Å². The Morgan fingerprint density at radius 2 is 2.03 bits per heavy atom. The molecule has 8 heteroatoms. The highest BCUT2D eigenvalue weighted by molar-refractivity contribution is 5.79. The second-order valence-electron chi connectivity index (χ2n) is 7.82. The number of rotatable bonds is 5. The fourth-order valence-electron chi connectivity index (χ4n) is 3.88. The molecule has 0 bridgehead atoms. The summed E-state index contributed by atoms with van der Waals surface area (Å²) in [5.74, 6) is 0.979. The van der Waals surface area contributed by atoms with Gasteiger partial charge in [-0.15, -0.1) is 5.10 Å². The quantitative estimate of drug-likeness (QED) is 0.498. The number of hydrogen-bond donors (Lipinski definition) is 0. The summed E-state index contributed by atoms with van der Waals surface area (Å²) in [6.45, 7) is 3.37. The Morgan fingerprint density at radius 3 is 2.87 bits per heavy atom. The van der Waals surface area contributed by atoms with Gasteiger partial charge in [-0.3, -0.25) is 4.79 Å². The number of aryl methyl sites for hydroxylation is 1. The third-order valence-corrected chi connectivity index (χ3v) is 5.52. The first-order valence-electron chi connectivity index (χ1n) is 10.3. The molecule has 0 spiro atoms. The topological polar surface area (TPSA) is 89.9 Å². The van der Waals surface area contributed by atoms with Gasteiger partial charge in [0.1, 0.15) is 0 Å². The molecule has 0 N–H and O–H groups in total. The van der Waals surface area contributed by atoms with Crippen LogP contribution in [0.2, 0.25) is 0 Å². The molecule has 0 aliphatic carbocycles. The molecule has 2 aromatic carbocycles. The summed E-state index contributed by atoms with van der Waals surface area (Å²) in [6.07, 6.45) is 3.06. The minimum Gasteiger partial charge on any atom is -0.340 e. The molecule has 1 atom stereocenters. The Labute approximate surface area is 179 Å². The molecule has 0 saturated carbocycles. The molecule has 1 aliphatic heterocycles. The van der Waals surface area contributed by atoms with Crippen LogP contribution in [0.3, 0.4) is 0 Å². The van der Waals surface area contributed by atoms with Gasteiger partial charge in [-0.05, 0) is 18.9 Å². The van der Waals surface area contributed by atoms with E-state index in [0.29, 0.717) is 36.9 Å². The fourth-order valence-corrected chi connectivity index (χ4v) is 3.88. The minimum atomic E-state index is 0.0826. The van der Waals surface area contributed by atoms with E-state index in [1.807, 2.05) is 66.6 Å². The van der Waals surface area contributed by atoms with Crippen LogP contribution in [0, 0.1) is 6.92 Å². The van der Waals surface area contributed by atoms with Crippen LogP contribution >= 0.6 is 0 Å². The highest BCUT2D eigenvalue weighted by Gasteiger charge is 2.28. The standard InChI is InChI=1S/C23H22N6O2/c1-16-6-5-7-17(12-16)13-21(30)28-11-10-19(14-28)29-15-20(25-27-29)23-24-22(26-31-23)18-8-3-2-4-9-18/h2-9,12,15,19H,10-11,13-14H2,1H3/t19-/m0/s1. The summed E-state index contributed by atoms with van der Waals surface area (Å²) < 4.78 is 7.17. The van der Waals surface area contributed by atoms with Crippen molar-refractivity contribution < 1.29 is 9.32 Å². The molecule has 1 amide bonds. The van der Waals surface area contributed by atoms with Crippen LogP contribution in [-0.4, -0.2) is 49.0 Å². The Bertz CT molecular complexity index is 1200. The monoisotopic (exact) mass is 414 g/mol. The lowest BCUT2D eigenvalue weighted by Crippen LogP contribution is -2.30. The summed E-state index contributed by atoms with van der Waals surface area (Å²) in [5, 5.41) is 12.5. The maximum Gasteiger partial charge on any atom is 0.280 e. The second kappa shape index (κ2) is 8.14. The van der Waals surface area contributed by atoms with E-state index in [1.165, 1.54) is 0 Å². The normalized spacial score (nSPS) is 16.0. The third kappa shape index (κ3) is 4.09. The highest BCUT2D eigenvalue weighted by Crippen LogP contribution is 2.25. The molecule has 8 nitrogen and oxygen atoms in total. The summed E-state index contributed by atoms with van der Waals surface area (Å²) in [7, 11) is 0. The Hall–Kier alpha value is -3.81. The van der Waals surface area contributed by atoms with E-state index in [9.17, 15) is 4.79 Å². The van der Waals surface area contributed by atoms with Crippen LogP contribution in [0.4, 0.5) is 0 Å². The largest absolute Gasteiger partial charge is 0.340 e. The van der Waals surface area contributed by atoms with Crippen molar-refractivity contribution >= 4 is 5.91 Å². The van der Waals surface area contributed by atoms with Gasteiger partial charge in [-0.1, -0.05) is 70.5 Å². The Morgan fingerprint density at radius 1 is 1.16 bits per heavy atom. The molecule has 156 valence electrons. The van der Waals surface area contributed by atoms with Crippen molar-refractivity contribution in [1.29, 1.82) is 0 Å². The van der Waals surface area contributed by atoms with Crippen LogP contribution in [0.5, 0.6) is 0 Å². The second-order valence-corrected chi connectivity index (χ2v) is 7.82. The molecule has 1 aliphatic rings. The molecular formula is C23H22N6O2. The van der Waals surface area contributed by atoms with Gasteiger partial charge in [0.25, 0.3) is 5.89 Å². The number of hydrogen-bond acceptors (Lipinski definition) is 6. The summed E-state index contributed by atoms with van der Waals surface area (Å²) in [4.78, 5) is 19.0. The van der Waals surface area contributed by atoms with Crippen molar-refractivity contribution in [2.75, 3.05) is 13.1 Å². The number of carbonyl (C=O) groups excluding carboxylic acids is 1. The summed E-state index contributed by atoms with van der Waals surface area (Å²) >= 11 is 0. The van der Waals surface area contributed by atoms with E-state index in [-0.39, 0.29) is 11.9 Å². The number of aromatic nitrogens is 5. The fraction of sp³-hybridized carbons (Fsp3) is 0.261. The van der Waals surface area contributed by atoms with Crippen molar-refractivity contribution in [2.45, 2.75) is 25.8 Å². The van der Waals surface area contributed by atoms with Crippen molar-refractivity contribution in [2.24, 2.45) is 0 Å². The van der Waals surface area contributed by atoms with E-state index >= 15 is 0 Å². The van der Waals surface area contributed by atoms with Gasteiger partial charge in [0.05, 0.1) is 18.7 Å². The lowest BCUT2D eigenvalue weighted by atomic mass is 10.1. The average molecular weight is 414 g/mol. The number of nitrogens with zero attached hydrogens (tertiary/aromatic N) is 6. The van der Waals surface area contributed by atoms with Crippen LogP contribution in [0.1, 0.15) is 23.6 Å². The molecule has 0 unspecified atom stereocenters. The summed E-state index contributed by atoms with van der Waals surface area (Å²) in [6, 6.07) is 17.8. The maximum absolute atomic E-state index is 12.7. The molecule has 3 heterocycles. The maximum atomic E-state index is 12.7. The zero-order valence-corrected chi connectivity index (χ0v) is 17.2. The lowest BCUT2D eigenvalue weighted by molar-refractivity contribution is -0.129. The molecule has 2 aromatic heterocycles. The smallest absolute Gasteiger partial charge is 0.280 e. The zero-order valence-electron chi connectivity index (χ0n) is 17.2. The first-order chi connectivity index (χ1) is 15.2. The average Bonchev–Trinajstić information content (AvgIpc) is 3.54. The van der Waals surface area contributed by atoms with Gasteiger partial charge >= 0.3 is 0 Å². The molecule has 4 aromatic rings. The highest BCUT2D eigenvalue weighted by atomic mass is 16.5. The number of benzene rings is 2. The van der Waals surface area contributed by atoms with Gasteiger partial charge in [0.2, 0.25) is 11.7 Å². The minimum absolute atomic E-state index is 0.0826. The van der Waals surface area contributed by atoms with Crippen LogP contribution in [0.15, 0.2) is 65.3 Å². The van der Waals surface area contributed by atoms with Crippen LogP contribution in [-0.2, 0) is 11.2 Å². The number of amides is 1. The van der Waals surface area contributed by atoms with Gasteiger partial charge in [-0.2, -0.15) is 4.98 Å². The zero-order chi connectivity index (χ0) is 21.2. The number of carbonyl (C=O) groups is 1. The number of likely N-dealkylation sites (tertiary alicyclic amines) is 1.